The fourth-order valence-electron chi connectivity index (χ4n) is 4.72. The van der Waals surface area contributed by atoms with E-state index in [4.69, 9.17) is 12.2 Å². The molecule has 4 rings (SSSR count). The molecule has 0 aliphatic carbocycles. The van der Waals surface area contributed by atoms with E-state index < -0.39 is 0 Å². The first-order valence-electron chi connectivity index (χ1n) is 11.2. The van der Waals surface area contributed by atoms with Crippen molar-refractivity contribution in [3.05, 3.63) is 77.4 Å². The highest BCUT2D eigenvalue weighted by atomic mass is 32.1. The molecule has 2 atom stereocenters. The van der Waals surface area contributed by atoms with Gasteiger partial charge in [0.1, 0.15) is 0 Å². The van der Waals surface area contributed by atoms with Crippen LogP contribution in [0.4, 0.5) is 5.69 Å². The number of nitrogens with zero attached hydrogens (tertiary/aromatic N) is 4. The van der Waals surface area contributed by atoms with Crippen molar-refractivity contribution in [1.29, 1.82) is 0 Å². The van der Waals surface area contributed by atoms with Crippen LogP contribution in [0.3, 0.4) is 0 Å². The standard InChI is InChI=1S/C26H33N5S/c1-17(2)16-30-25(24(28-26(30)32)23-9-7-8-14-27-23)22-15-18(3)31(19(22)4)21-12-10-20(11-13-21)29(5)6/h7-15,17,24-25H,16H2,1-6H3,(H,28,32)/t24-,25+/m0/s1. The Balaban J connectivity index is 1.80. The molecule has 0 amide bonds. The molecule has 2 aromatic heterocycles. The topological polar surface area (TPSA) is 36.3 Å². The summed E-state index contributed by atoms with van der Waals surface area (Å²) in [5, 5.41) is 4.38. The predicted octanol–water partition coefficient (Wildman–Crippen LogP) is 5.18. The minimum Gasteiger partial charge on any atom is -0.378 e. The normalized spacial score (nSPS) is 18.3. The highest BCUT2D eigenvalue weighted by molar-refractivity contribution is 7.80. The molecule has 0 saturated carbocycles. The number of aryl methyl sites for hydroxylation is 1. The van der Waals surface area contributed by atoms with Crippen LogP contribution in [0.1, 0.15) is 48.6 Å². The summed E-state index contributed by atoms with van der Waals surface area (Å²) < 4.78 is 2.35. The quantitative estimate of drug-likeness (QED) is 0.527. The van der Waals surface area contributed by atoms with E-state index in [1.807, 2.05) is 18.3 Å². The van der Waals surface area contributed by atoms with Crippen LogP contribution < -0.4 is 10.2 Å². The van der Waals surface area contributed by atoms with Crippen LogP contribution >= 0.6 is 12.2 Å². The molecule has 3 heterocycles. The Bertz CT molecular complexity index is 1090. The predicted molar refractivity (Wildman–Crippen MR) is 137 cm³/mol. The number of pyridine rings is 1. The van der Waals surface area contributed by atoms with Crippen molar-refractivity contribution in [1.82, 2.24) is 19.8 Å². The molecule has 0 bridgehead atoms. The number of hydrogen-bond donors (Lipinski definition) is 1. The van der Waals surface area contributed by atoms with E-state index in [0.29, 0.717) is 5.92 Å². The van der Waals surface area contributed by atoms with Gasteiger partial charge in [-0.25, -0.2) is 0 Å². The van der Waals surface area contributed by atoms with E-state index in [0.717, 1.165) is 17.4 Å². The molecule has 32 heavy (non-hydrogen) atoms. The smallest absolute Gasteiger partial charge is 0.170 e. The number of rotatable bonds is 6. The van der Waals surface area contributed by atoms with E-state index in [2.05, 4.69) is 103 Å². The summed E-state index contributed by atoms with van der Waals surface area (Å²) in [5.74, 6) is 0.502. The second-order valence-corrected chi connectivity index (χ2v) is 9.63. The van der Waals surface area contributed by atoms with E-state index in [1.165, 1.54) is 28.3 Å². The first-order chi connectivity index (χ1) is 15.3. The maximum atomic E-state index is 5.80. The van der Waals surface area contributed by atoms with Crippen LogP contribution in [-0.4, -0.2) is 40.2 Å². The van der Waals surface area contributed by atoms with Gasteiger partial charge in [0, 0.05) is 49.6 Å². The molecule has 0 spiro atoms. The van der Waals surface area contributed by atoms with Crippen molar-refractivity contribution in [3.63, 3.8) is 0 Å². The van der Waals surface area contributed by atoms with Crippen LogP contribution in [0.5, 0.6) is 0 Å². The second kappa shape index (κ2) is 8.94. The summed E-state index contributed by atoms with van der Waals surface area (Å²) in [6.45, 7) is 9.78. The van der Waals surface area contributed by atoms with Crippen molar-refractivity contribution < 1.29 is 0 Å². The van der Waals surface area contributed by atoms with Crippen LogP contribution in [0, 0.1) is 19.8 Å². The molecule has 1 saturated heterocycles. The molecule has 6 heteroatoms. The molecular formula is C26H33N5S. The van der Waals surface area contributed by atoms with Crippen LogP contribution in [0.15, 0.2) is 54.7 Å². The summed E-state index contributed by atoms with van der Waals surface area (Å²) in [6, 6.07) is 17.3. The SMILES string of the molecule is Cc1cc([C@@H]2[C@H](c3ccccn3)NC(=S)N2CC(C)C)c(C)n1-c1ccc(N(C)C)cc1. The second-order valence-electron chi connectivity index (χ2n) is 9.25. The van der Waals surface area contributed by atoms with E-state index in [1.54, 1.807) is 0 Å². The van der Waals surface area contributed by atoms with Gasteiger partial charge in [-0.05, 0) is 80.0 Å². The number of thiocarbonyl (C=S) groups is 1. The monoisotopic (exact) mass is 447 g/mol. The summed E-state index contributed by atoms with van der Waals surface area (Å²) >= 11 is 5.80. The highest BCUT2D eigenvalue weighted by Gasteiger charge is 2.41. The van der Waals surface area contributed by atoms with Crippen LogP contribution in [-0.2, 0) is 0 Å². The lowest BCUT2D eigenvalue weighted by atomic mass is 9.96. The molecule has 5 nitrogen and oxygen atoms in total. The number of aromatic nitrogens is 2. The molecule has 168 valence electrons. The number of anilines is 1. The molecule has 0 unspecified atom stereocenters. The Morgan fingerprint density at radius 2 is 1.81 bits per heavy atom. The minimum atomic E-state index is 0.0208. The average Bonchev–Trinajstić information content (AvgIpc) is 3.23. The lowest BCUT2D eigenvalue weighted by Gasteiger charge is -2.29. The third kappa shape index (κ3) is 4.11. The zero-order valence-electron chi connectivity index (χ0n) is 19.8. The Labute approximate surface area is 197 Å². The number of hydrogen-bond acceptors (Lipinski definition) is 3. The van der Waals surface area contributed by atoms with Gasteiger partial charge in [0.2, 0.25) is 0 Å². The van der Waals surface area contributed by atoms with Crippen molar-refractivity contribution in [2.24, 2.45) is 5.92 Å². The zero-order valence-corrected chi connectivity index (χ0v) is 20.6. The molecule has 0 radical (unpaired) electrons. The average molecular weight is 448 g/mol. The summed E-state index contributed by atoms with van der Waals surface area (Å²) in [4.78, 5) is 9.14. The third-order valence-corrected chi connectivity index (χ3v) is 6.53. The van der Waals surface area contributed by atoms with E-state index in [-0.39, 0.29) is 12.1 Å². The Morgan fingerprint density at radius 1 is 1.09 bits per heavy atom. The summed E-state index contributed by atoms with van der Waals surface area (Å²) in [6.07, 6.45) is 1.86. The lowest BCUT2D eigenvalue weighted by molar-refractivity contribution is 0.287. The lowest BCUT2D eigenvalue weighted by Crippen LogP contribution is -2.33. The van der Waals surface area contributed by atoms with Crippen LogP contribution in [0.2, 0.25) is 0 Å². The third-order valence-electron chi connectivity index (χ3n) is 6.17. The van der Waals surface area contributed by atoms with Crippen LogP contribution in [0.25, 0.3) is 5.69 Å². The van der Waals surface area contributed by atoms with Crippen molar-refractivity contribution in [2.75, 3.05) is 25.5 Å². The molecule has 1 aromatic carbocycles. The van der Waals surface area contributed by atoms with Crippen molar-refractivity contribution in [2.45, 2.75) is 39.8 Å². The number of nitrogens with one attached hydrogen (secondary N) is 1. The van der Waals surface area contributed by atoms with Gasteiger partial charge < -0.3 is 19.7 Å². The molecule has 1 N–H and O–H groups in total. The summed E-state index contributed by atoms with van der Waals surface area (Å²) in [7, 11) is 4.13. The highest BCUT2D eigenvalue weighted by Crippen LogP contribution is 2.41. The fraction of sp³-hybridized carbons (Fsp3) is 0.385. The van der Waals surface area contributed by atoms with Gasteiger partial charge in [-0.1, -0.05) is 19.9 Å². The fourth-order valence-corrected chi connectivity index (χ4v) is 5.03. The number of benzene rings is 1. The molecule has 1 aliphatic rings. The van der Waals surface area contributed by atoms with Crippen molar-refractivity contribution in [3.8, 4) is 5.69 Å². The molecule has 1 aliphatic heterocycles. The Kier molecular flexibility index (Phi) is 6.24. The zero-order chi connectivity index (χ0) is 23.0. The van der Waals surface area contributed by atoms with Gasteiger partial charge >= 0.3 is 0 Å². The van der Waals surface area contributed by atoms with Gasteiger partial charge in [-0.3, -0.25) is 4.98 Å². The van der Waals surface area contributed by atoms with Gasteiger partial charge in [0.15, 0.2) is 5.11 Å². The largest absolute Gasteiger partial charge is 0.378 e. The van der Waals surface area contributed by atoms with E-state index >= 15 is 0 Å². The molecule has 1 fully saturated rings. The molecule has 3 aromatic rings. The maximum Gasteiger partial charge on any atom is 0.170 e. The Hall–Kier alpha value is -2.86. The Morgan fingerprint density at radius 3 is 2.41 bits per heavy atom. The van der Waals surface area contributed by atoms with Gasteiger partial charge in [-0.15, -0.1) is 0 Å². The van der Waals surface area contributed by atoms with E-state index in [9.17, 15) is 0 Å². The van der Waals surface area contributed by atoms with Gasteiger partial charge in [0.05, 0.1) is 17.8 Å². The molecular weight excluding hydrogens is 414 g/mol. The minimum absolute atomic E-state index is 0.0208. The van der Waals surface area contributed by atoms with Crippen molar-refractivity contribution >= 4 is 23.0 Å². The summed E-state index contributed by atoms with van der Waals surface area (Å²) in [5.41, 5.74) is 7.15. The maximum absolute atomic E-state index is 5.80. The van der Waals surface area contributed by atoms with Gasteiger partial charge in [0.25, 0.3) is 0 Å². The first kappa shape index (κ1) is 22.3. The van der Waals surface area contributed by atoms with Gasteiger partial charge in [-0.2, -0.15) is 0 Å². The first-order valence-corrected chi connectivity index (χ1v) is 11.6.